The number of fused-ring (bicyclic) bond motifs is 5. The zero-order valence-electron chi connectivity index (χ0n) is 25.3. The molecular formula is C39H23BrCl2N2O5. The molecule has 1 heterocycles. The monoisotopic (exact) mass is 748 g/mol. The molecule has 1 saturated heterocycles. The van der Waals surface area contributed by atoms with Gasteiger partial charge in [0.05, 0.1) is 33.3 Å². The standard InChI is InChI=1S/C39H23BrCl2N2O5/c40-29-21-28(44(48)49)19-20-30(29)43-35(45)33-34(36(43)46)39(25-13-17-27(42)18-14-25)32(23-9-5-2-6-10-23)31(22-7-3-1-4-8-22)38(33,37(39)47)24-11-15-26(41)16-12-24/h1-21,33-34H/t33-,34+,38-,39-/m0/s1. The molecule has 49 heavy (non-hydrogen) atoms. The van der Waals surface area contributed by atoms with Gasteiger partial charge in [0.1, 0.15) is 0 Å². The molecule has 2 fully saturated rings. The number of ketones is 1. The first-order valence-electron chi connectivity index (χ1n) is 15.4. The van der Waals surface area contributed by atoms with E-state index < -0.39 is 39.4 Å². The van der Waals surface area contributed by atoms with Gasteiger partial charge in [-0.3, -0.25) is 24.5 Å². The van der Waals surface area contributed by atoms with Crippen molar-refractivity contribution in [2.45, 2.75) is 10.8 Å². The Kier molecular flexibility index (Phi) is 7.26. The van der Waals surface area contributed by atoms with E-state index in [0.29, 0.717) is 32.3 Å². The fraction of sp³-hybridized carbons (Fsp3) is 0.103. The number of benzene rings is 5. The predicted molar refractivity (Wildman–Crippen MR) is 191 cm³/mol. The van der Waals surface area contributed by atoms with E-state index in [4.69, 9.17) is 23.2 Å². The number of hydrogen-bond acceptors (Lipinski definition) is 5. The van der Waals surface area contributed by atoms with E-state index in [1.54, 1.807) is 48.5 Å². The molecule has 0 N–H and O–H groups in total. The minimum absolute atomic E-state index is 0.155. The SMILES string of the molecule is O=C1[C@@H]2[C@H](C(=O)N1c1ccc([N+](=O)[O-])cc1Br)[C@@]1(c3ccc(Cl)cc3)C(=O)[C@@]2(c2ccc(Cl)cc2)C(c2ccccc2)=C1c1ccccc1. The summed E-state index contributed by atoms with van der Waals surface area (Å²) in [5.41, 5.74) is 0.477. The van der Waals surface area contributed by atoms with Crippen molar-refractivity contribution < 1.29 is 19.3 Å². The summed E-state index contributed by atoms with van der Waals surface area (Å²) in [6.07, 6.45) is 0. The number of nitrogens with zero attached hydrogens (tertiary/aromatic N) is 2. The Morgan fingerprint density at radius 1 is 0.633 bits per heavy atom. The maximum atomic E-state index is 16.0. The molecule has 0 aromatic heterocycles. The van der Waals surface area contributed by atoms with Gasteiger partial charge in [0.15, 0.2) is 5.78 Å². The van der Waals surface area contributed by atoms with Crippen molar-refractivity contribution >= 4 is 79.3 Å². The summed E-state index contributed by atoms with van der Waals surface area (Å²) in [6.45, 7) is 0. The Hall–Kier alpha value is -4.89. The van der Waals surface area contributed by atoms with Crippen LogP contribution >= 0.6 is 39.1 Å². The van der Waals surface area contributed by atoms with Crippen LogP contribution < -0.4 is 4.90 Å². The van der Waals surface area contributed by atoms with Crippen molar-refractivity contribution in [3.05, 3.63) is 174 Å². The quantitative estimate of drug-likeness (QED) is 0.0982. The van der Waals surface area contributed by atoms with Gasteiger partial charge < -0.3 is 0 Å². The number of anilines is 1. The third-order valence-electron chi connectivity index (χ3n) is 10.1. The Morgan fingerprint density at radius 3 is 1.45 bits per heavy atom. The minimum atomic E-state index is -1.63. The molecular weight excluding hydrogens is 727 g/mol. The van der Waals surface area contributed by atoms with Crippen LogP contribution in [0.5, 0.6) is 0 Å². The van der Waals surface area contributed by atoms with Crippen molar-refractivity contribution in [2.24, 2.45) is 11.8 Å². The summed E-state index contributed by atoms with van der Waals surface area (Å²) < 4.78 is 0.197. The summed E-state index contributed by atoms with van der Waals surface area (Å²) in [4.78, 5) is 58.3. The average Bonchev–Trinajstić information content (AvgIpc) is 3.61. The van der Waals surface area contributed by atoms with Crippen LogP contribution in [0.2, 0.25) is 10.0 Å². The van der Waals surface area contributed by atoms with Gasteiger partial charge in [-0.25, -0.2) is 4.90 Å². The Bertz CT molecular complexity index is 2130. The lowest BCUT2D eigenvalue weighted by Gasteiger charge is -2.39. The number of non-ortho nitro benzene ring substituents is 1. The number of hydrogen-bond donors (Lipinski definition) is 0. The smallest absolute Gasteiger partial charge is 0.270 e. The molecule has 7 nitrogen and oxygen atoms in total. The molecule has 5 aromatic carbocycles. The van der Waals surface area contributed by atoms with Gasteiger partial charge in [0.25, 0.3) is 5.69 Å². The topological polar surface area (TPSA) is 97.6 Å². The predicted octanol–water partition coefficient (Wildman–Crippen LogP) is 8.85. The van der Waals surface area contributed by atoms with Gasteiger partial charge in [-0.05, 0) is 79.7 Å². The van der Waals surface area contributed by atoms with Crippen LogP contribution in [-0.4, -0.2) is 22.5 Å². The lowest BCUT2D eigenvalue weighted by atomic mass is 9.59. The van der Waals surface area contributed by atoms with E-state index in [1.165, 1.54) is 18.2 Å². The maximum Gasteiger partial charge on any atom is 0.270 e. The highest BCUT2D eigenvalue weighted by molar-refractivity contribution is 9.10. The molecule has 1 aliphatic heterocycles. The highest BCUT2D eigenvalue weighted by Crippen LogP contribution is 2.74. The first-order chi connectivity index (χ1) is 23.6. The average molecular weight is 750 g/mol. The lowest BCUT2D eigenvalue weighted by molar-refractivity contribution is -0.384. The van der Waals surface area contributed by atoms with Gasteiger partial charge in [0, 0.05) is 26.7 Å². The zero-order chi connectivity index (χ0) is 34.2. The van der Waals surface area contributed by atoms with Gasteiger partial charge in [-0.2, -0.15) is 0 Å². The Labute approximate surface area is 299 Å². The largest absolute Gasteiger partial charge is 0.297 e. The highest BCUT2D eigenvalue weighted by Gasteiger charge is 2.82. The van der Waals surface area contributed by atoms with E-state index in [2.05, 4.69) is 15.9 Å². The Morgan fingerprint density at radius 2 is 1.06 bits per heavy atom. The third kappa shape index (κ3) is 4.17. The number of imide groups is 1. The molecule has 0 spiro atoms. The number of amides is 2. The van der Waals surface area contributed by atoms with Crippen LogP contribution in [-0.2, 0) is 25.2 Å². The molecule has 2 amide bonds. The van der Waals surface area contributed by atoms with Crippen molar-refractivity contribution in [1.82, 2.24) is 0 Å². The summed E-state index contributed by atoms with van der Waals surface area (Å²) in [5, 5.41) is 12.5. The molecule has 0 unspecified atom stereocenters. The van der Waals surface area contributed by atoms with Crippen LogP contribution in [0.1, 0.15) is 22.3 Å². The normalized spacial score (nSPS) is 24.1. The lowest BCUT2D eigenvalue weighted by Crippen LogP contribution is -2.45. The minimum Gasteiger partial charge on any atom is -0.297 e. The summed E-state index contributed by atoms with van der Waals surface area (Å²) in [7, 11) is 0. The number of allylic oxidation sites excluding steroid dienone is 2. The first-order valence-corrected chi connectivity index (χ1v) is 16.9. The molecule has 2 aliphatic carbocycles. The van der Waals surface area contributed by atoms with Crippen LogP contribution in [0.25, 0.3) is 11.1 Å². The molecule has 8 rings (SSSR count). The second-order valence-electron chi connectivity index (χ2n) is 12.3. The van der Waals surface area contributed by atoms with Gasteiger partial charge >= 0.3 is 0 Å². The summed E-state index contributed by atoms with van der Waals surface area (Å²) in [6, 6.07) is 36.6. The number of halogens is 3. The number of nitro benzene ring substituents is 1. The molecule has 4 atom stereocenters. The third-order valence-corrected chi connectivity index (χ3v) is 11.2. The number of nitro groups is 1. The van der Waals surface area contributed by atoms with E-state index in [1.807, 2.05) is 60.7 Å². The van der Waals surface area contributed by atoms with Crippen LogP contribution in [0.3, 0.4) is 0 Å². The van der Waals surface area contributed by atoms with Crippen LogP contribution in [0.4, 0.5) is 11.4 Å². The van der Waals surface area contributed by atoms with Gasteiger partial charge in [-0.15, -0.1) is 0 Å². The van der Waals surface area contributed by atoms with Gasteiger partial charge in [0.2, 0.25) is 11.8 Å². The van der Waals surface area contributed by atoms with Crippen molar-refractivity contribution in [1.29, 1.82) is 0 Å². The highest BCUT2D eigenvalue weighted by atomic mass is 79.9. The maximum absolute atomic E-state index is 16.0. The zero-order valence-corrected chi connectivity index (χ0v) is 28.4. The van der Waals surface area contributed by atoms with E-state index in [0.717, 1.165) is 16.0 Å². The molecule has 10 heteroatoms. The molecule has 3 aliphatic rings. The summed E-state index contributed by atoms with van der Waals surface area (Å²) in [5.74, 6) is -3.79. The second-order valence-corrected chi connectivity index (χ2v) is 14.0. The second kappa shape index (κ2) is 11.3. The fourth-order valence-corrected chi connectivity index (χ4v) is 9.18. The number of carbonyl (C=O) groups excluding carboxylic acids is 3. The fourth-order valence-electron chi connectivity index (χ4n) is 8.39. The number of rotatable bonds is 6. The van der Waals surface area contributed by atoms with Crippen molar-refractivity contribution in [2.75, 3.05) is 4.90 Å². The van der Waals surface area contributed by atoms with E-state index in [9.17, 15) is 10.1 Å². The molecule has 5 aromatic rings. The molecule has 0 radical (unpaired) electrons. The molecule has 2 bridgehead atoms. The number of Topliss-reactive ketones (excluding diaryl/α,β-unsaturated/α-hetero) is 1. The summed E-state index contributed by atoms with van der Waals surface area (Å²) >= 11 is 16.2. The first kappa shape index (κ1) is 31.4. The van der Waals surface area contributed by atoms with E-state index in [-0.39, 0.29) is 21.6 Å². The molecule has 1 saturated carbocycles. The van der Waals surface area contributed by atoms with Crippen LogP contribution in [0.15, 0.2) is 132 Å². The van der Waals surface area contributed by atoms with Crippen molar-refractivity contribution in [3.8, 4) is 0 Å². The number of carbonyl (C=O) groups is 3. The van der Waals surface area contributed by atoms with Gasteiger partial charge in [-0.1, -0.05) is 108 Å². The van der Waals surface area contributed by atoms with Crippen LogP contribution in [0, 0.1) is 22.0 Å². The Balaban J connectivity index is 1.53. The molecule has 240 valence electrons. The van der Waals surface area contributed by atoms with Crippen molar-refractivity contribution in [3.63, 3.8) is 0 Å². The van der Waals surface area contributed by atoms with E-state index >= 15 is 14.4 Å².